The van der Waals surface area contributed by atoms with Gasteiger partial charge in [0.2, 0.25) is 17.7 Å². The van der Waals surface area contributed by atoms with Crippen molar-refractivity contribution in [3.05, 3.63) is 29.6 Å². The van der Waals surface area contributed by atoms with E-state index in [-0.39, 0.29) is 6.03 Å². The highest BCUT2D eigenvalue weighted by Crippen LogP contribution is 2.24. The van der Waals surface area contributed by atoms with Crippen LogP contribution in [0.3, 0.4) is 0 Å². The van der Waals surface area contributed by atoms with Crippen LogP contribution in [0.15, 0.2) is 16.7 Å². The first-order chi connectivity index (χ1) is 11.6. The van der Waals surface area contributed by atoms with Gasteiger partial charge in [-0.05, 0) is 18.6 Å². The molecule has 1 unspecified atom stereocenters. The molecule has 0 saturated carbocycles. The topological polar surface area (TPSA) is 103 Å². The molecule has 9 heteroatoms. The average Bonchev–Trinajstić information content (AvgIpc) is 3.02. The molecule has 1 N–H and O–H groups in total. The number of aryl methyl sites for hydroxylation is 2. The lowest BCUT2D eigenvalue weighted by Crippen LogP contribution is -2.44. The molecule has 0 radical (unpaired) electrons. The normalized spacial score (nSPS) is 17.6. The summed E-state index contributed by atoms with van der Waals surface area (Å²) in [4.78, 5) is 18.3. The van der Waals surface area contributed by atoms with Crippen LogP contribution in [0.1, 0.15) is 23.4 Å². The summed E-state index contributed by atoms with van der Waals surface area (Å²) in [5, 5.41) is 10.6. The van der Waals surface area contributed by atoms with Crippen LogP contribution in [-0.2, 0) is 4.74 Å². The third-order valence-electron chi connectivity index (χ3n) is 3.59. The monoisotopic (exact) mass is 333 g/mol. The standard InChI is InChI=1S/C15H19N5O4/c1-9-6-11(13(22-3)16-7-9)17-15(21)20-4-5-23-12(8-20)14-19-18-10(2)24-14/h6-7,12H,4-5,8H2,1-3H3,(H,17,21). The second-order valence-electron chi connectivity index (χ2n) is 5.46. The number of nitrogens with one attached hydrogen (secondary N) is 1. The van der Waals surface area contributed by atoms with Gasteiger partial charge in [-0.25, -0.2) is 9.78 Å². The first kappa shape index (κ1) is 16.2. The second-order valence-corrected chi connectivity index (χ2v) is 5.46. The molecule has 24 heavy (non-hydrogen) atoms. The van der Waals surface area contributed by atoms with Crippen molar-refractivity contribution in [2.45, 2.75) is 20.0 Å². The fourth-order valence-electron chi connectivity index (χ4n) is 2.43. The first-order valence-electron chi connectivity index (χ1n) is 7.55. The lowest BCUT2D eigenvalue weighted by Gasteiger charge is -2.31. The summed E-state index contributed by atoms with van der Waals surface area (Å²) in [6.45, 7) is 4.79. The smallest absolute Gasteiger partial charge is 0.322 e. The number of amides is 2. The highest BCUT2D eigenvalue weighted by molar-refractivity contribution is 5.90. The highest BCUT2D eigenvalue weighted by Gasteiger charge is 2.29. The third kappa shape index (κ3) is 3.46. The molecule has 2 aromatic heterocycles. The van der Waals surface area contributed by atoms with Gasteiger partial charge in [-0.2, -0.15) is 0 Å². The Morgan fingerprint density at radius 1 is 1.42 bits per heavy atom. The minimum absolute atomic E-state index is 0.259. The van der Waals surface area contributed by atoms with Crippen LogP contribution >= 0.6 is 0 Å². The molecule has 1 aliphatic heterocycles. The van der Waals surface area contributed by atoms with E-state index in [9.17, 15) is 4.79 Å². The molecule has 1 atom stereocenters. The van der Waals surface area contributed by atoms with Crippen LogP contribution in [0.25, 0.3) is 0 Å². The van der Waals surface area contributed by atoms with Crippen molar-refractivity contribution in [1.29, 1.82) is 0 Å². The molecule has 9 nitrogen and oxygen atoms in total. The van der Waals surface area contributed by atoms with E-state index in [1.54, 1.807) is 18.0 Å². The zero-order chi connectivity index (χ0) is 17.1. The van der Waals surface area contributed by atoms with E-state index in [1.165, 1.54) is 7.11 Å². The van der Waals surface area contributed by atoms with E-state index in [0.29, 0.717) is 43.0 Å². The minimum atomic E-state index is -0.428. The second kappa shape index (κ2) is 6.83. The van der Waals surface area contributed by atoms with E-state index in [4.69, 9.17) is 13.9 Å². The molecule has 0 aromatic carbocycles. The van der Waals surface area contributed by atoms with Gasteiger partial charge in [0.15, 0.2) is 6.10 Å². The first-order valence-corrected chi connectivity index (χ1v) is 7.55. The van der Waals surface area contributed by atoms with Gasteiger partial charge in [-0.3, -0.25) is 0 Å². The molecule has 2 aromatic rings. The van der Waals surface area contributed by atoms with Crippen molar-refractivity contribution in [1.82, 2.24) is 20.1 Å². The fourth-order valence-corrected chi connectivity index (χ4v) is 2.43. The third-order valence-corrected chi connectivity index (χ3v) is 3.59. The summed E-state index contributed by atoms with van der Waals surface area (Å²) < 4.78 is 16.2. The largest absolute Gasteiger partial charge is 0.480 e. The number of pyridine rings is 1. The number of methoxy groups -OCH3 is 1. The van der Waals surface area contributed by atoms with Crippen LogP contribution < -0.4 is 10.1 Å². The number of hydrogen-bond donors (Lipinski definition) is 1. The molecular formula is C15H19N5O4. The Morgan fingerprint density at radius 3 is 2.96 bits per heavy atom. The number of hydrogen-bond acceptors (Lipinski definition) is 7. The summed E-state index contributed by atoms with van der Waals surface area (Å²) in [5.74, 6) is 1.21. The molecule has 128 valence electrons. The molecule has 1 aliphatic rings. The zero-order valence-corrected chi connectivity index (χ0v) is 13.8. The Kier molecular flexibility index (Phi) is 4.61. The molecule has 0 bridgehead atoms. The molecular weight excluding hydrogens is 314 g/mol. The maximum Gasteiger partial charge on any atom is 0.322 e. The number of rotatable bonds is 3. The molecule has 2 amide bonds. The Bertz CT molecular complexity index is 732. The summed E-state index contributed by atoms with van der Waals surface area (Å²) in [6, 6.07) is 1.55. The molecule has 1 fully saturated rings. The number of aromatic nitrogens is 3. The van der Waals surface area contributed by atoms with Gasteiger partial charge in [0.05, 0.1) is 20.3 Å². The predicted molar refractivity (Wildman–Crippen MR) is 83.8 cm³/mol. The number of urea groups is 1. The van der Waals surface area contributed by atoms with Crippen LogP contribution in [0.2, 0.25) is 0 Å². The Hall–Kier alpha value is -2.68. The number of carbonyl (C=O) groups excluding carboxylic acids is 1. The number of morpholine rings is 1. The fraction of sp³-hybridized carbons (Fsp3) is 0.467. The van der Waals surface area contributed by atoms with Crippen LogP contribution in [0, 0.1) is 13.8 Å². The zero-order valence-electron chi connectivity index (χ0n) is 13.8. The summed E-state index contributed by atoms with van der Waals surface area (Å²) in [7, 11) is 1.51. The number of nitrogens with zero attached hydrogens (tertiary/aromatic N) is 4. The van der Waals surface area contributed by atoms with Gasteiger partial charge in [-0.1, -0.05) is 0 Å². The van der Waals surface area contributed by atoms with E-state index in [1.807, 2.05) is 13.0 Å². The van der Waals surface area contributed by atoms with E-state index in [2.05, 4.69) is 20.5 Å². The number of anilines is 1. The molecule has 1 saturated heterocycles. The maximum atomic E-state index is 12.5. The van der Waals surface area contributed by atoms with Crippen molar-refractivity contribution < 1.29 is 18.7 Å². The van der Waals surface area contributed by atoms with Gasteiger partial charge < -0.3 is 24.1 Å². The van der Waals surface area contributed by atoms with E-state index in [0.717, 1.165) is 5.56 Å². The minimum Gasteiger partial charge on any atom is -0.480 e. The highest BCUT2D eigenvalue weighted by atomic mass is 16.5. The van der Waals surface area contributed by atoms with Crippen LogP contribution in [-0.4, -0.2) is 52.9 Å². The van der Waals surface area contributed by atoms with Gasteiger partial charge in [-0.15, -0.1) is 10.2 Å². The summed E-state index contributed by atoms with van der Waals surface area (Å²) in [6.07, 6.45) is 1.25. The summed E-state index contributed by atoms with van der Waals surface area (Å²) >= 11 is 0. The average molecular weight is 333 g/mol. The van der Waals surface area contributed by atoms with Crippen molar-refractivity contribution in [2.24, 2.45) is 0 Å². The lowest BCUT2D eigenvalue weighted by atomic mass is 10.2. The molecule has 0 spiro atoms. The summed E-state index contributed by atoms with van der Waals surface area (Å²) in [5.41, 5.74) is 1.45. The number of carbonyl (C=O) groups is 1. The molecule has 3 rings (SSSR count). The van der Waals surface area contributed by atoms with Crippen molar-refractivity contribution in [2.75, 3.05) is 32.1 Å². The maximum absolute atomic E-state index is 12.5. The van der Waals surface area contributed by atoms with Crippen molar-refractivity contribution in [3.8, 4) is 5.88 Å². The van der Waals surface area contributed by atoms with Gasteiger partial charge >= 0.3 is 6.03 Å². The SMILES string of the molecule is COc1ncc(C)cc1NC(=O)N1CCOC(c2nnc(C)o2)C1. The van der Waals surface area contributed by atoms with Gasteiger partial charge in [0.25, 0.3) is 0 Å². The van der Waals surface area contributed by atoms with E-state index >= 15 is 0 Å². The Morgan fingerprint density at radius 2 is 2.25 bits per heavy atom. The Balaban J connectivity index is 1.70. The number of ether oxygens (including phenoxy) is 2. The lowest BCUT2D eigenvalue weighted by molar-refractivity contribution is -0.0274. The van der Waals surface area contributed by atoms with Crippen molar-refractivity contribution >= 4 is 11.7 Å². The van der Waals surface area contributed by atoms with Gasteiger partial charge in [0, 0.05) is 19.7 Å². The van der Waals surface area contributed by atoms with E-state index < -0.39 is 6.10 Å². The van der Waals surface area contributed by atoms with Gasteiger partial charge in [0.1, 0.15) is 5.69 Å². The van der Waals surface area contributed by atoms with Crippen LogP contribution in [0.5, 0.6) is 5.88 Å². The molecule has 0 aliphatic carbocycles. The molecule has 3 heterocycles. The quantitative estimate of drug-likeness (QED) is 0.911. The predicted octanol–water partition coefficient (Wildman–Crippen LogP) is 1.70. The van der Waals surface area contributed by atoms with Crippen molar-refractivity contribution in [3.63, 3.8) is 0 Å². The van der Waals surface area contributed by atoms with Crippen LogP contribution in [0.4, 0.5) is 10.5 Å². The Labute approximate surface area is 139 Å².